The van der Waals surface area contributed by atoms with Gasteiger partial charge in [-0.1, -0.05) is 0 Å². The van der Waals surface area contributed by atoms with Gasteiger partial charge in [0, 0.05) is 6.07 Å². The molecule has 3 N–H and O–H groups in total. The Morgan fingerprint density at radius 1 is 1.33 bits per heavy atom. The van der Waals surface area contributed by atoms with Crippen molar-refractivity contribution in [1.29, 1.82) is 10.5 Å². The number of rotatable bonds is 3. The van der Waals surface area contributed by atoms with Gasteiger partial charge in [-0.15, -0.1) is 0 Å². The quantitative estimate of drug-likeness (QED) is 0.409. The lowest BCUT2D eigenvalue weighted by atomic mass is 10.3. The minimum atomic E-state index is -4.51. The molecule has 1 rings (SSSR count). The lowest BCUT2D eigenvalue weighted by molar-refractivity contribution is 0.443. The Morgan fingerprint density at radius 3 is 2.39 bits per heavy atom. The number of phenolic OH excluding ortho intramolecular Hbond substituents is 1. The van der Waals surface area contributed by atoms with E-state index < -0.39 is 26.5 Å². The molecule has 1 aromatic carbocycles. The zero-order valence-corrected chi connectivity index (χ0v) is 9.51. The van der Waals surface area contributed by atoms with Crippen molar-refractivity contribution in [2.24, 2.45) is 5.10 Å². The van der Waals surface area contributed by atoms with Crippen LogP contribution in [-0.4, -0.2) is 23.8 Å². The predicted octanol–water partition coefficient (Wildman–Crippen LogP) is 0.454. The van der Waals surface area contributed by atoms with E-state index in [9.17, 15) is 13.5 Å². The number of benzene rings is 1. The standard InChI is InChI=1S/C9H6N4O4S/c10-4-7(5-11)13-12-6-1-2-9(8(14)3-6)18(15,16)17/h1-3,12,14H,(H,15,16,17). The van der Waals surface area contributed by atoms with E-state index in [2.05, 4.69) is 10.5 Å². The van der Waals surface area contributed by atoms with Crippen molar-refractivity contribution in [1.82, 2.24) is 0 Å². The minimum Gasteiger partial charge on any atom is -0.506 e. The van der Waals surface area contributed by atoms with Gasteiger partial charge in [0.25, 0.3) is 10.1 Å². The number of nitrogens with zero attached hydrogens (tertiary/aromatic N) is 3. The number of aromatic hydroxyl groups is 1. The number of hydrogen-bond donors (Lipinski definition) is 3. The number of hydrazone groups is 1. The maximum absolute atomic E-state index is 10.8. The summed E-state index contributed by atoms with van der Waals surface area (Å²) in [7, 11) is -4.51. The molecule has 0 fully saturated rings. The van der Waals surface area contributed by atoms with Crippen LogP contribution in [0.15, 0.2) is 28.2 Å². The van der Waals surface area contributed by atoms with Crippen LogP contribution >= 0.6 is 0 Å². The van der Waals surface area contributed by atoms with Crippen LogP contribution in [-0.2, 0) is 10.1 Å². The summed E-state index contributed by atoms with van der Waals surface area (Å²) in [6.45, 7) is 0. The van der Waals surface area contributed by atoms with Gasteiger partial charge in [-0.05, 0) is 12.1 Å². The average molecular weight is 266 g/mol. The minimum absolute atomic E-state index is 0.142. The molecule has 0 aliphatic carbocycles. The fourth-order valence-electron chi connectivity index (χ4n) is 1.00. The first-order valence-electron chi connectivity index (χ1n) is 4.33. The largest absolute Gasteiger partial charge is 0.506 e. The van der Waals surface area contributed by atoms with Crippen LogP contribution in [0.1, 0.15) is 0 Å². The molecule has 0 saturated carbocycles. The highest BCUT2D eigenvalue weighted by Crippen LogP contribution is 2.25. The molecular formula is C9H6N4O4S. The summed E-state index contributed by atoms with van der Waals surface area (Å²) in [4.78, 5) is -0.655. The van der Waals surface area contributed by atoms with Gasteiger partial charge in [0.05, 0.1) is 5.69 Å². The summed E-state index contributed by atoms with van der Waals surface area (Å²) >= 11 is 0. The van der Waals surface area contributed by atoms with Crippen LogP contribution in [0.2, 0.25) is 0 Å². The molecule has 0 atom stereocenters. The molecule has 0 aliphatic heterocycles. The van der Waals surface area contributed by atoms with E-state index in [0.29, 0.717) is 0 Å². The monoisotopic (exact) mass is 266 g/mol. The highest BCUT2D eigenvalue weighted by Gasteiger charge is 2.15. The van der Waals surface area contributed by atoms with Gasteiger partial charge in [-0.25, -0.2) is 0 Å². The molecule has 0 aromatic heterocycles. The van der Waals surface area contributed by atoms with Gasteiger partial charge in [-0.2, -0.15) is 24.0 Å². The summed E-state index contributed by atoms with van der Waals surface area (Å²) < 4.78 is 30.3. The molecule has 0 unspecified atom stereocenters. The molecule has 0 saturated heterocycles. The van der Waals surface area contributed by atoms with Gasteiger partial charge in [-0.3, -0.25) is 9.98 Å². The second kappa shape index (κ2) is 5.14. The van der Waals surface area contributed by atoms with Gasteiger partial charge in [0.2, 0.25) is 5.71 Å². The number of hydrogen-bond acceptors (Lipinski definition) is 7. The lowest BCUT2D eigenvalue weighted by Gasteiger charge is -2.04. The van der Waals surface area contributed by atoms with Crippen molar-refractivity contribution in [2.75, 3.05) is 5.43 Å². The van der Waals surface area contributed by atoms with Crippen molar-refractivity contribution in [3.05, 3.63) is 18.2 Å². The Kier molecular flexibility index (Phi) is 3.84. The average Bonchev–Trinajstić information content (AvgIpc) is 2.28. The fraction of sp³-hybridized carbons (Fsp3) is 0. The number of nitriles is 2. The van der Waals surface area contributed by atoms with E-state index in [4.69, 9.17) is 15.1 Å². The van der Waals surface area contributed by atoms with E-state index in [1.54, 1.807) is 0 Å². The van der Waals surface area contributed by atoms with Crippen molar-refractivity contribution in [3.63, 3.8) is 0 Å². The molecule has 18 heavy (non-hydrogen) atoms. The molecular weight excluding hydrogens is 260 g/mol. The van der Waals surface area contributed by atoms with E-state index in [-0.39, 0.29) is 5.69 Å². The first-order valence-corrected chi connectivity index (χ1v) is 5.77. The van der Waals surface area contributed by atoms with Crippen molar-refractivity contribution in [3.8, 4) is 17.9 Å². The predicted molar refractivity (Wildman–Crippen MR) is 60.2 cm³/mol. The summed E-state index contributed by atoms with van der Waals surface area (Å²) in [5, 5.41) is 29.5. The molecule has 1 aromatic rings. The van der Waals surface area contributed by atoms with Gasteiger partial charge >= 0.3 is 0 Å². The van der Waals surface area contributed by atoms with Gasteiger partial charge in [0.1, 0.15) is 22.8 Å². The van der Waals surface area contributed by atoms with Crippen molar-refractivity contribution < 1.29 is 18.1 Å². The van der Waals surface area contributed by atoms with Crippen molar-refractivity contribution >= 4 is 21.5 Å². The summed E-state index contributed by atoms with van der Waals surface area (Å²) in [5.74, 6) is -0.687. The van der Waals surface area contributed by atoms with Gasteiger partial charge < -0.3 is 5.11 Å². The smallest absolute Gasteiger partial charge is 0.298 e. The fourth-order valence-corrected chi connectivity index (χ4v) is 1.56. The second-order valence-electron chi connectivity index (χ2n) is 2.95. The lowest BCUT2D eigenvalue weighted by Crippen LogP contribution is -2.00. The highest BCUT2D eigenvalue weighted by molar-refractivity contribution is 7.86. The zero-order valence-electron chi connectivity index (χ0n) is 8.69. The zero-order chi connectivity index (χ0) is 13.8. The van der Waals surface area contributed by atoms with Gasteiger partial charge in [0.15, 0.2) is 0 Å². The van der Waals surface area contributed by atoms with E-state index in [1.165, 1.54) is 18.2 Å². The summed E-state index contributed by atoms with van der Waals surface area (Å²) in [5.41, 5.74) is 1.98. The molecule has 0 spiro atoms. The van der Waals surface area contributed by atoms with Crippen LogP contribution in [0.25, 0.3) is 0 Å². The molecule has 0 amide bonds. The third kappa shape index (κ3) is 3.18. The Labute approximate surface area is 102 Å². The Balaban J connectivity index is 3.05. The van der Waals surface area contributed by atoms with Crippen LogP contribution in [0.4, 0.5) is 5.69 Å². The number of anilines is 1. The second-order valence-corrected chi connectivity index (χ2v) is 4.34. The van der Waals surface area contributed by atoms with Crippen LogP contribution in [0.3, 0.4) is 0 Å². The molecule has 0 aliphatic rings. The van der Waals surface area contributed by atoms with Crippen LogP contribution in [0, 0.1) is 22.7 Å². The van der Waals surface area contributed by atoms with Crippen LogP contribution in [0.5, 0.6) is 5.75 Å². The molecule has 9 heteroatoms. The maximum atomic E-state index is 10.8. The first kappa shape index (κ1) is 13.4. The molecule has 0 heterocycles. The Bertz CT molecular complexity index is 665. The Morgan fingerprint density at radius 2 is 1.94 bits per heavy atom. The van der Waals surface area contributed by atoms with E-state index in [1.807, 2.05) is 0 Å². The van der Waals surface area contributed by atoms with Crippen LogP contribution < -0.4 is 5.43 Å². The summed E-state index contributed by atoms with van der Waals surface area (Å²) in [6, 6.07) is 6.11. The van der Waals surface area contributed by atoms with E-state index in [0.717, 1.165) is 12.1 Å². The first-order chi connectivity index (χ1) is 8.38. The topological polar surface area (TPSA) is 147 Å². The Hall–Kier alpha value is -2.62. The summed E-state index contributed by atoms with van der Waals surface area (Å²) in [6.07, 6.45) is 0. The normalized spacial score (nSPS) is 9.94. The number of phenols is 1. The SMILES string of the molecule is N#CC(C#N)=NNc1ccc(S(=O)(=O)O)c(O)c1. The molecule has 8 nitrogen and oxygen atoms in total. The number of nitrogens with one attached hydrogen (secondary N) is 1. The highest BCUT2D eigenvalue weighted by atomic mass is 32.2. The molecule has 92 valence electrons. The maximum Gasteiger partial charge on any atom is 0.298 e. The van der Waals surface area contributed by atoms with E-state index >= 15 is 0 Å². The third-order valence-electron chi connectivity index (χ3n) is 1.75. The molecule has 0 radical (unpaired) electrons. The van der Waals surface area contributed by atoms with Crippen molar-refractivity contribution in [2.45, 2.75) is 4.90 Å². The third-order valence-corrected chi connectivity index (χ3v) is 2.65. The molecule has 0 bridgehead atoms.